The van der Waals surface area contributed by atoms with E-state index in [1.807, 2.05) is 13.8 Å². The lowest BCUT2D eigenvalue weighted by Gasteiger charge is -2.09. The summed E-state index contributed by atoms with van der Waals surface area (Å²) in [6.07, 6.45) is 1.62. The van der Waals surface area contributed by atoms with Crippen molar-refractivity contribution in [2.24, 2.45) is 7.05 Å². The first-order chi connectivity index (χ1) is 8.97. The van der Waals surface area contributed by atoms with Gasteiger partial charge < -0.3 is 5.32 Å². The summed E-state index contributed by atoms with van der Waals surface area (Å²) in [5.41, 5.74) is 1.28. The number of hydrogen-bond donors (Lipinski definition) is 1. The number of halogens is 1. The number of aromatic nitrogens is 3. The third-order valence-electron chi connectivity index (χ3n) is 2.73. The highest BCUT2D eigenvalue weighted by atomic mass is 35.5. The number of carbonyl (C=O) groups excluding carboxylic acids is 1. The van der Waals surface area contributed by atoms with Gasteiger partial charge in [0.2, 0.25) is 0 Å². The molecule has 100 valence electrons. The summed E-state index contributed by atoms with van der Waals surface area (Å²) in [5, 5.41) is 7.09. The average Bonchev–Trinajstić information content (AvgIpc) is 2.74. The van der Waals surface area contributed by atoms with Gasteiger partial charge >= 0.3 is 0 Å². The number of pyridine rings is 1. The van der Waals surface area contributed by atoms with Crippen LogP contribution in [0.25, 0.3) is 0 Å². The Morgan fingerprint density at radius 2 is 2.16 bits per heavy atom. The van der Waals surface area contributed by atoms with Crippen LogP contribution in [0.4, 0.5) is 5.82 Å². The van der Waals surface area contributed by atoms with E-state index < -0.39 is 0 Å². The lowest BCUT2D eigenvalue weighted by molar-refractivity contribution is 0.102. The van der Waals surface area contributed by atoms with E-state index in [-0.39, 0.29) is 11.8 Å². The Morgan fingerprint density at radius 1 is 1.42 bits per heavy atom. The second-order valence-electron chi connectivity index (χ2n) is 4.55. The Morgan fingerprint density at radius 3 is 2.74 bits per heavy atom. The molecule has 0 aliphatic carbocycles. The van der Waals surface area contributed by atoms with Crippen molar-refractivity contribution in [2.75, 3.05) is 5.32 Å². The lowest BCUT2D eigenvalue weighted by atomic mass is 10.1. The van der Waals surface area contributed by atoms with Gasteiger partial charge in [-0.2, -0.15) is 5.10 Å². The maximum Gasteiger partial charge on any atom is 0.256 e. The second kappa shape index (κ2) is 5.40. The Kier molecular flexibility index (Phi) is 3.85. The van der Waals surface area contributed by atoms with E-state index in [0.29, 0.717) is 16.5 Å². The van der Waals surface area contributed by atoms with E-state index in [9.17, 15) is 4.79 Å². The molecule has 0 aliphatic heterocycles. The van der Waals surface area contributed by atoms with Crippen LogP contribution in [0.2, 0.25) is 5.15 Å². The summed E-state index contributed by atoms with van der Waals surface area (Å²) in [7, 11) is 1.76. The van der Waals surface area contributed by atoms with E-state index in [0.717, 1.165) is 5.69 Å². The van der Waals surface area contributed by atoms with Crippen molar-refractivity contribution >= 4 is 23.3 Å². The summed E-state index contributed by atoms with van der Waals surface area (Å²) in [6.45, 7) is 4.00. The van der Waals surface area contributed by atoms with Crippen molar-refractivity contribution in [3.63, 3.8) is 0 Å². The quantitative estimate of drug-likeness (QED) is 0.878. The molecule has 2 rings (SSSR count). The fraction of sp³-hybridized carbons (Fsp3) is 0.308. The second-order valence-corrected chi connectivity index (χ2v) is 4.94. The zero-order valence-electron chi connectivity index (χ0n) is 11.0. The first-order valence-electron chi connectivity index (χ1n) is 5.94. The first kappa shape index (κ1) is 13.5. The van der Waals surface area contributed by atoms with E-state index in [1.54, 1.807) is 36.1 Å². The topological polar surface area (TPSA) is 59.8 Å². The van der Waals surface area contributed by atoms with Crippen molar-refractivity contribution in [1.29, 1.82) is 0 Å². The van der Waals surface area contributed by atoms with Gasteiger partial charge in [-0.1, -0.05) is 25.4 Å². The number of carbonyl (C=O) groups is 1. The molecule has 0 bridgehead atoms. The van der Waals surface area contributed by atoms with Gasteiger partial charge in [-0.05, 0) is 18.1 Å². The highest BCUT2D eigenvalue weighted by molar-refractivity contribution is 6.29. The maximum atomic E-state index is 12.2. The molecule has 0 aliphatic rings. The minimum absolute atomic E-state index is 0.210. The predicted molar refractivity (Wildman–Crippen MR) is 74.5 cm³/mol. The molecular weight excluding hydrogens is 264 g/mol. The Bertz CT molecular complexity index is 606. The summed E-state index contributed by atoms with van der Waals surface area (Å²) < 4.78 is 1.59. The zero-order valence-corrected chi connectivity index (χ0v) is 11.8. The van der Waals surface area contributed by atoms with Gasteiger partial charge in [-0.25, -0.2) is 4.98 Å². The fourth-order valence-electron chi connectivity index (χ4n) is 1.63. The smallest absolute Gasteiger partial charge is 0.256 e. The van der Waals surface area contributed by atoms with Gasteiger partial charge in [0.1, 0.15) is 11.0 Å². The van der Waals surface area contributed by atoms with Crippen LogP contribution < -0.4 is 5.32 Å². The molecule has 0 unspecified atom stereocenters. The van der Waals surface area contributed by atoms with Gasteiger partial charge in [0, 0.05) is 24.4 Å². The molecule has 19 heavy (non-hydrogen) atoms. The highest BCUT2D eigenvalue weighted by Gasteiger charge is 2.12. The fourth-order valence-corrected chi connectivity index (χ4v) is 1.84. The Hall–Kier alpha value is -1.88. The molecule has 0 spiro atoms. The molecule has 2 aromatic rings. The standard InChI is InChI=1S/C13H15ClN4O/c1-8(2)10-6-9(7-11(14)16-10)13(19)17-12-4-5-15-18(12)3/h4-8H,1-3H3,(H,17,19). The molecule has 0 radical (unpaired) electrons. The Balaban J connectivity index is 2.26. The van der Waals surface area contributed by atoms with Crippen LogP contribution in [0, 0.1) is 0 Å². The molecular formula is C13H15ClN4O. The van der Waals surface area contributed by atoms with E-state index >= 15 is 0 Å². The number of hydrogen-bond acceptors (Lipinski definition) is 3. The highest BCUT2D eigenvalue weighted by Crippen LogP contribution is 2.18. The zero-order chi connectivity index (χ0) is 14.0. The Labute approximate surface area is 116 Å². The molecule has 0 saturated carbocycles. The molecule has 6 heteroatoms. The van der Waals surface area contributed by atoms with Gasteiger partial charge in [0.15, 0.2) is 0 Å². The van der Waals surface area contributed by atoms with Crippen LogP contribution in [-0.2, 0) is 7.05 Å². The number of nitrogens with one attached hydrogen (secondary N) is 1. The lowest BCUT2D eigenvalue weighted by Crippen LogP contribution is -2.15. The third-order valence-corrected chi connectivity index (χ3v) is 2.92. The minimum atomic E-state index is -0.227. The van der Waals surface area contributed by atoms with Crippen molar-refractivity contribution in [2.45, 2.75) is 19.8 Å². The molecule has 2 heterocycles. The monoisotopic (exact) mass is 278 g/mol. The molecule has 2 aromatic heterocycles. The molecule has 0 aromatic carbocycles. The molecule has 5 nitrogen and oxygen atoms in total. The van der Waals surface area contributed by atoms with Crippen LogP contribution in [0.3, 0.4) is 0 Å². The molecule has 0 fully saturated rings. The first-order valence-corrected chi connectivity index (χ1v) is 6.32. The van der Waals surface area contributed by atoms with Crippen LogP contribution >= 0.6 is 11.6 Å². The number of nitrogens with zero attached hydrogens (tertiary/aromatic N) is 3. The van der Waals surface area contributed by atoms with Crippen LogP contribution in [-0.4, -0.2) is 20.7 Å². The minimum Gasteiger partial charge on any atom is -0.307 e. The van der Waals surface area contributed by atoms with E-state index in [1.165, 1.54) is 0 Å². The van der Waals surface area contributed by atoms with Crippen molar-refractivity contribution < 1.29 is 4.79 Å². The van der Waals surface area contributed by atoms with Crippen LogP contribution in [0.1, 0.15) is 35.8 Å². The van der Waals surface area contributed by atoms with Crippen LogP contribution in [0.5, 0.6) is 0 Å². The molecule has 1 amide bonds. The number of amides is 1. The summed E-state index contributed by atoms with van der Waals surface area (Å²) in [5.74, 6) is 0.612. The maximum absolute atomic E-state index is 12.2. The summed E-state index contributed by atoms with van der Waals surface area (Å²) in [4.78, 5) is 16.4. The number of anilines is 1. The predicted octanol–water partition coefficient (Wildman–Crippen LogP) is 2.84. The largest absolute Gasteiger partial charge is 0.307 e. The van der Waals surface area contributed by atoms with Gasteiger partial charge in [-0.3, -0.25) is 9.48 Å². The van der Waals surface area contributed by atoms with Gasteiger partial charge in [-0.15, -0.1) is 0 Å². The molecule has 0 atom stereocenters. The van der Waals surface area contributed by atoms with Crippen molar-refractivity contribution in [3.05, 3.63) is 40.8 Å². The third kappa shape index (κ3) is 3.12. The van der Waals surface area contributed by atoms with E-state index in [2.05, 4.69) is 15.4 Å². The van der Waals surface area contributed by atoms with Crippen molar-refractivity contribution in [1.82, 2.24) is 14.8 Å². The summed E-state index contributed by atoms with van der Waals surface area (Å²) >= 11 is 5.94. The molecule has 0 saturated heterocycles. The van der Waals surface area contributed by atoms with Crippen molar-refractivity contribution in [3.8, 4) is 0 Å². The van der Waals surface area contributed by atoms with Crippen LogP contribution in [0.15, 0.2) is 24.4 Å². The average molecular weight is 279 g/mol. The number of aryl methyl sites for hydroxylation is 1. The number of rotatable bonds is 3. The normalized spacial score (nSPS) is 10.8. The van der Waals surface area contributed by atoms with Gasteiger partial charge in [0.25, 0.3) is 5.91 Å². The van der Waals surface area contributed by atoms with Gasteiger partial charge in [0.05, 0.1) is 6.20 Å². The molecule has 1 N–H and O–H groups in total. The SMILES string of the molecule is CC(C)c1cc(C(=O)Nc2ccnn2C)cc(Cl)n1. The summed E-state index contributed by atoms with van der Waals surface area (Å²) in [6, 6.07) is 5.03. The van der Waals surface area contributed by atoms with E-state index in [4.69, 9.17) is 11.6 Å².